The highest BCUT2D eigenvalue weighted by atomic mass is 16.5. The van der Waals surface area contributed by atoms with Gasteiger partial charge in [-0.2, -0.15) is 0 Å². The van der Waals surface area contributed by atoms with Gasteiger partial charge in [0.15, 0.2) is 18.1 Å². The quantitative estimate of drug-likeness (QED) is 0.657. The number of para-hydroxylation sites is 1. The molecule has 0 saturated carbocycles. The van der Waals surface area contributed by atoms with Gasteiger partial charge in [-0.1, -0.05) is 25.1 Å². The maximum Gasteiger partial charge on any atom is 0.338 e. The van der Waals surface area contributed by atoms with Gasteiger partial charge in [0.05, 0.1) is 18.8 Å². The average Bonchev–Trinajstić information content (AvgIpc) is 2.69. The molecule has 150 valence electrons. The lowest BCUT2D eigenvalue weighted by atomic mass is 10.1. The Kier molecular flexibility index (Phi) is 7.87. The van der Waals surface area contributed by atoms with E-state index >= 15 is 0 Å². The van der Waals surface area contributed by atoms with E-state index < -0.39 is 5.97 Å². The first-order valence-corrected chi connectivity index (χ1v) is 9.45. The smallest absolute Gasteiger partial charge is 0.338 e. The third-order valence-corrected chi connectivity index (χ3v) is 4.12. The highest BCUT2D eigenvalue weighted by Crippen LogP contribution is 2.29. The molecule has 0 aliphatic heterocycles. The molecule has 0 saturated heterocycles. The van der Waals surface area contributed by atoms with E-state index in [1.807, 2.05) is 45.9 Å². The molecule has 0 bridgehead atoms. The fourth-order valence-corrected chi connectivity index (χ4v) is 2.77. The summed E-state index contributed by atoms with van der Waals surface area (Å²) in [6, 6.07) is 10.6. The van der Waals surface area contributed by atoms with Gasteiger partial charge in [0, 0.05) is 5.69 Å². The number of anilines is 1. The molecule has 0 atom stereocenters. The third-order valence-electron chi connectivity index (χ3n) is 4.12. The Hall–Kier alpha value is -3.02. The molecular weight excluding hydrogens is 358 g/mol. The second kappa shape index (κ2) is 10.3. The van der Waals surface area contributed by atoms with E-state index in [2.05, 4.69) is 5.32 Å². The van der Waals surface area contributed by atoms with Crippen molar-refractivity contribution in [3.8, 4) is 11.5 Å². The van der Waals surface area contributed by atoms with Crippen LogP contribution in [0.2, 0.25) is 0 Å². The predicted octanol–water partition coefficient (Wildman–Crippen LogP) is 4.15. The van der Waals surface area contributed by atoms with Crippen LogP contribution in [0.4, 0.5) is 5.69 Å². The van der Waals surface area contributed by atoms with Crippen molar-refractivity contribution >= 4 is 17.6 Å². The molecule has 0 unspecified atom stereocenters. The number of carbonyl (C=O) groups is 2. The lowest BCUT2D eigenvalue weighted by molar-refractivity contribution is -0.119. The lowest BCUT2D eigenvalue weighted by Gasteiger charge is -2.14. The van der Waals surface area contributed by atoms with E-state index in [1.165, 1.54) is 0 Å². The summed E-state index contributed by atoms with van der Waals surface area (Å²) in [7, 11) is 0. The Labute approximate surface area is 165 Å². The van der Waals surface area contributed by atoms with Crippen molar-refractivity contribution in [2.45, 2.75) is 34.1 Å². The normalized spacial score (nSPS) is 10.3. The molecular formula is C22H27NO5. The van der Waals surface area contributed by atoms with Gasteiger partial charge in [0.1, 0.15) is 0 Å². The van der Waals surface area contributed by atoms with E-state index in [0.717, 1.165) is 23.2 Å². The maximum atomic E-state index is 12.3. The monoisotopic (exact) mass is 385 g/mol. The van der Waals surface area contributed by atoms with Crippen molar-refractivity contribution in [3.63, 3.8) is 0 Å². The van der Waals surface area contributed by atoms with Crippen molar-refractivity contribution in [3.05, 3.63) is 53.1 Å². The molecule has 0 radical (unpaired) electrons. The number of hydrogen-bond donors (Lipinski definition) is 1. The third kappa shape index (κ3) is 5.49. The Morgan fingerprint density at radius 3 is 2.36 bits per heavy atom. The average molecular weight is 385 g/mol. The second-order valence-corrected chi connectivity index (χ2v) is 6.11. The Morgan fingerprint density at radius 2 is 1.68 bits per heavy atom. The van der Waals surface area contributed by atoms with Gasteiger partial charge in [-0.25, -0.2) is 4.79 Å². The molecule has 2 aromatic carbocycles. The van der Waals surface area contributed by atoms with Crippen LogP contribution in [0, 0.1) is 6.92 Å². The van der Waals surface area contributed by atoms with E-state index in [0.29, 0.717) is 30.3 Å². The molecule has 0 heterocycles. The van der Waals surface area contributed by atoms with Crippen molar-refractivity contribution in [2.75, 3.05) is 25.1 Å². The predicted molar refractivity (Wildman–Crippen MR) is 108 cm³/mol. The molecule has 0 spiro atoms. The number of esters is 1. The van der Waals surface area contributed by atoms with E-state index in [9.17, 15) is 9.59 Å². The molecule has 6 heteroatoms. The van der Waals surface area contributed by atoms with Gasteiger partial charge in [0.2, 0.25) is 0 Å². The minimum Gasteiger partial charge on any atom is -0.490 e. The minimum absolute atomic E-state index is 0.296. The van der Waals surface area contributed by atoms with Gasteiger partial charge in [-0.05, 0) is 56.5 Å². The zero-order valence-corrected chi connectivity index (χ0v) is 16.8. The molecule has 1 amide bonds. The molecule has 0 aromatic heterocycles. The molecule has 1 N–H and O–H groups in total. The van der Waals surface area contributed by atoms with E-state index in [1.54, 1.807) is 18.2 Å². The van der Waals surface area contributed by atoms with Gasteiger partial charge in [-0.15, -0.1) is 0 Å². The Balaban J connectivity index is 2.02. The van der Waals surface area contributed by atoms with Crippen molar-refractivity contribution in [1.82, 2.24) is 0 Å². The van der Waals surface area contributed by atoms with E-state index in [-0.39, 0.29) is 12.5 Å². The number of benzene rings is 2. The summed E-state index contributed by atoms with van der Waals surface area (Å²) in [5.41, 5.74) is 3.06. The summed E-state index contributed by atoms with van der Waals surface area (Å²) in [6.45, 7) is 8.23. The molecule has 28 heavy (non-hydrogen) atoms. The van der Waals surface area contributed by atoms with Crippen LogP contribution in [0.25, 0.3) is 0 Å². The SMILES string of the molecule is CCOc1ccc(C(=O)OCC(=O)Nc2c(C)cccc2CC)cc1OCC. The maximum absolute atomic E-state index is 12.3. The lowest BCUT2D eigenvalue weighted by Crippen LogP contribution is -2.22. The Bertz CT molecular complexity index is 832. The summed E-state index contributed by atoms with van der Waals surface area (Å²) in [6.07, 6.45) is 0.795. The Morgan fingerprint density at radius 1 is 0.964 bits per heavy atom. The number of hydrogen-bond acceptors (Lipinski definition) is 5. The molecule has 0 aliphatic carbocycles. The van der Waals surface area contributed by atoms with Gasteiger partial charge < -0.3 is 19.5 Å². The van der Waals surface area contributed by atoms with Crippen molar-refractivity contribution in [1.29, 1.82) is 0 Å². The number of carbonyl (C=O) groups excluding carboxylic acids is 2. The zero-order valence-electron chi connectivity index (χ0n) is 16.8. The first-order valence-electron chi connectivity index (χ1n) is 9.45. The van der Waals surface area contributed by atoms with Crippen LogP contribution in [0.3, 0.4) is 0 Å². The van der Waals surface area contributed by atoms with Gasteiger partial charge in [-0.3, -0.25) is 4.79 Å². The van der Waals surface area contributed by atoms with Crippen LogP contribution in [0.1, 0.15) is 42.3 Å². The first-order chi connectivity index (χ1) is 13.5. The topological polar surface area (TPSA) is 73.9 Å². The van der Waals surface area contributed by atoms with Gasteiger partial charge >= 0.3 is 5.97 Å². The van der Waals surface area contributed by atoms with Crippen LogP contribution in [0.5, 0.6) is 11.5 Å². The fourth-order valence-electron chi connectivity index (χ4n) is 2.77. The molecule has 0 fully saturated rings. The zero-order chi connectivity index (χ0) is 20.5. The summed E-state index contributed by atoms with van der Waals surface area (Å²) in [4.78, 5) is 24.6. The van der Waals surface area contributed by atoms with Crippen LogP contribution in [0.15, 0.2) is 36.4 Å². The minimum atomic E-state index is -0.598. The molecule has 2 rings (SSSR count). The summed E-state index contributed by atoms with van der Waals surface area (Å²) < 4.78 is 16.2. The summed E-state index contributed by atoms with van der Waals surface area (Å²) >= 11 is 0. The number of aryl methyl sites for hydroxylation is 2. The molecule has 6 nitrogen and oxygen atoms in total. The van der Waals surface area contributed by atoms with Crippen LogP contribution in [-0.2, 0) is 16.0 Å². The highest BCUT2D eigenvalue weighted by Gasteiger charge is 2.15. The second-order valence-electron chi connectivity index (χ2n) is 6.11. The first kappa shape index (κ1) is 21.3. The van der Waals surface area contributed by atoms with Gasteiger partial charge in [0.25, 0.3) is 5.91 Å². The molecule has 0 aliphatic rings. The summed E-state index contributed by atoms with van der Waals surface area (Å²) in [5.74, 6) is 0.0500. The standard InChI is InChI=1S/C22H27NO5/c1-5-16-10-8-9-15(4)21(16)23-20(24)14-28-22(25)17-11-12-18(26-6-2)19(13-17)27-7-3/h8-13H,5-7,14H2,1-4H3,(H,23,24). The summed E-state index contributed by atoms with van der Waals surface area (Å²) in [5, 5.41) is 2.83. The molecule has 2 aromatic rings. The van der Waals surface area contributed by atoms with E-state index in [4.69, 9.17) is 14.2 Å². The fraction of sp³-hybridized carbons (Fsp3) is 0.364. The van der Waals surface area contributed by atoms with Crippen LogP contribution >= 0.6 is 0 Å². The highest BCUT2D eigenvalue weighted by molar-refractivity contribution is 5.96. The largest absolute Gasteiger partial charge is 0.490 e. The van der Waals surface area contributed by atoms with Crippen molar-refractivity contribution < 1.29 is 23.8 Å². The van der Waals surface area contributed by atoms with Crippen LogP contribution in [-0.4, -0.2) is 31.7 Å². The number of amides is 1. The van der Waals surface area contributed by atoms with Crippen molar-refractivity contribution in [2.24, 2.45) is 0 Å². The number of nitrogens with one attached hydrogen (secondary N) is 1. The number of ether oxygens (including phenoxy) is 3. The number of rotatable bonds is 9. The van der Waals surface area contributed by atoms with Crippen LogP contribution < -0.4 is 14.8 Å².